The van der Waals surface area contributed by atoms with Gasteiger partial charge in [-0.15, -0.1) is 11.3 Å². The minimum absolute atomic E-state index is 0.0385. The fourth-order valence-electron chi connectivity index (χ4n) is 2.75. The zero-order valence-corrected chi connectivity index (χ0v) is 13.4. The highest BCUT2D eigenvalue weighted by Crippen LogP contribution is 2.29. The number of likely N-dealkylation sites (tertiary alicyclic amines) is 1. The summed E-state index contributed by atoms with van der Waals surface area (Å²) in [5, 5.41) is 8.85. The topological polar surface area (TPSA) is 71.3 Å². The van der Waals surface area contributed by atoms with E-state index in [-0.39, 0.29) is 11.9 Å². The maximum atomic E-state index is 12.2. The molecule has 0 spiro atoms. The van der Waals surface area contributed by atoms with Crippen molar-refractivity contribution in [2.75, 3.05) is 13.1 Å². The van der Waals surface area contributed by atoms with Gasteiger partial charge >= 0.3 is 0 Å². The zero-order valence-electron chi connectivity index (χ0n) is 12.6. The summed E-state index contributed by atoms with van der Waals surface area (Å²) < 4.78 is 5.30. The summed E-state index contributed by atoms with van der Waals surface area (Å²) in [6.07, 6.45) is 3.18. The molecule has 22 heavy (non-hydrogen) atoms. The van der Waals surface area contributed by atoms with E-state index in [1.54, 1.807) is 11.3 Å². The summed E-state index contributed by atoms with van der Waals surface area (Å²) in [7, 11) is 0. The van der Waals surface area contributed by atoms with Crippen LogP contribution in [-0.4, -0.2) is 34.0 Å². The molecule has 1 saturated heterocycles. The van der Waals surface area contributed by atoms with Gasteiger partial charge in [0.05, 0.1) is 19.1 Å². The molecule has 3 heterocycles. The van der Waals surface area contributed by atoms with Gasteiger partial charge in [-0.3, -0.25) is 9.69 Å². The molecule has 1 N–H and O–H groups in total. The molecule has 2 aromatic heterocycles. The second kappa shape index (κ2) is 7.02. The molecular formula is C15H20N4O2S. The number of amides is 1. The fourth-order valence-corrected chi connectivity index (χ4v) is 3.39. The summed E-state index contributed by atoms with van der Waals surface area (Å²) in [5.41, 5.74) is 0. The Bertz CT molecular complexity index is 611. The van der Waals surface area contributed by atoms with E-state index in [9.17, 15) is 4.79 Å². The number of rotatable bonds is 5. The average molecular weight is 320 g/mol. The number of nitrogens with one attached hydrogen (secondary N) is 1. The molecule has 3 rings (SSSR count). The molecule has 0 aromatic carbocycles. The molecule has 118 valence electrons. The third kappa shape index (κ3) is 3.72. The minimum atomic E-state index is 0.0385. The highest BCUT2D eigenvalue weighted by atomic mass is 32.1. The number of hydrogen-bond donors (Lipinski definition) is 1. The highest BCUT2D eigenvalue weighted by Gasteiger charge is 2.29. The third-order valence-electron chi connectivity index (χ3n) is 3.83. The zero-order chi connectivity index (χ0) is 15.4. The van der Waals surface area contributed by atoms with E-state index in [2.05, 4.69) is 20.4 Å². The van der Waals surface area contributed by atoms with Gasteiger partial charge in [-0.2, -0.15) is 4.98 Å². The van der Waals surface area contributed by atoms with E-state index in [1.807, 2.05) is 24.4 Å². The van der Waals surface area contributed by atoms with Gasteiger partial charge in [-0.05, 0) is 37.8 Å². The van der Waals surface area contributed by atoms with Crippen molar-refractivity contribution in [3.05, 3.63) is 34.1 Å². The van der Waals surface area contributed by atoms with E-state index in [1.165, 1.54) is 0 Å². The third-order valence-corrected chi connectivity index (χ3v) is 4.70. The van der Waals surface area contributed by atoms with E-state index in [0.717, 1.165) is 30.7 Å². The van der Waals surface area contributed by atoms with Crippen LogP contribution in [0.1, 0.15) is 41.9 Å². The van der Waals surface area contributed by atoms with E-state index < -0.39 is 0 Å². The molecule has 1 atom stereocenters. The molecule has 0 radical (unpaired) electrons. The van der Waals surface area contributed by atoms with Crippen LogP contribution in [0.25, 0.3) is 0 Å². The smallest absolute Gasteiger partial charge is 0.243 e. The summed E-state index contributed by atoms with van der Waals surface area (Å²) in [5.74, 6) is 1.31. The van der Waals surface area contributed by atoms with E-state index in [4.69, 9.17) is 4.52 Å². The molecule has 0 saturated carbocycles. The van der Waals surface area contributed by atoms with Gasteiger partial charge in [0.15, 0.2) is 5.82 Å². The Morgan fingerprint density at radius 2 is 2.45 bits per heavy atom. The standard InChI is InChI=1S/C15H20N4O2S/c1-11-17-15(21-18-11)13-6-2-3-7-19(13)10-14(20)16-9-12-5-4-8-22-12/h4-5,8,13H,2-3,6-7,9-10H2,1H3,(H,16,20)/t13-/m0/s1. The number of piperidine rings is 1. The summed E-state index contributed by atoms with van der Waals surface area (Å²) in [6.45, 7) is 3.67. The van der Waals surface area contributed by atoms with Crippen molar-refractivity contribution in [1.29, 1.82) is 0 Å². The largest absolute Gasteiger partial charge is 0.350 e. The molecule has 1 aliphatic rings. The Kier molecular flexibility index (Phi) is 4.84. The maximum Gasteiger partial charge on any atom is 0.243 e. The van der Waals surface area contributed by atoms with Gasteiger partial charge in [0.1, 0.15) is 0 Å². The van der Waals surface area contributed by atoms with Crippen LogP contribution in [0.3, 0.4) is 0 Å². The van der Waals surface area contributed by atoms with Crippen molar-refractivity contribution in [3.8, 4) is 0 Å². The van der Waals surface area contributed by atoms with Gasteiger partial charge in [-0.1, -0.05) is 17.6 Å². The molecular weight excluding hydrogens is 300 g/mol. The number of aromatic nitrogens is 2. The molecule has 1 aliphatic heterocycles. The lowest BCUT2D eigenvalue weighted by Gasteiger charge is -2.32. The Balaban J connectivity index is 1.57. The van der Waals surface area contributed by atoms with Gasteiger partial charge in [-0.25, -0.2) is 0 Å². The lowest BCUT2D eigenvalue weighted by atomic mass is 10.0. The van der Waals surface area contributed by atoms with Crippen LogP contribution in [0.2, 0.25) is 0 Å². The first-order valence-corrected chi connectivity index (χ1v) is 8.43. The lowest BCUT2D eigenvalue weighted by Crippen LogP contribution is -2.41. The van der Waals surface area contributed by atoms with Gasteiger partial charge in [0, 0.05) is 4.88 Å². The van der Waals surface area contributed by atoms with Crippen LogP contribution in [0.4, 0.5) is 0 Å². The van der Waals surface area contributed by atoms with Crippen molar-refractivity contribution < 1.29 is 9.32 Å². The summed E-state index contributed by atoms with van der Waals surface area (Å²) >= 11 is 1.65. The number of hydrogen-bond acceptors (Lipinski definition) is 6. The number of aryl methyl sites for hydroxylation is 1. The number of nitrogens with zero attached hydrogens (tertiary/aromatic N) is 3. The average Bonchev–Trinajstić information content (AvgIpc) is 3.17. The number of carbonyl (C=O) groups excluding carboxylic acids is 1. The first-order valence-electron chi connectivity index (χ1n) is 7.56. The SMILES string of the molecule is Cc1noc([C@@H]2CCCCN2CC(=O)NCc2cccs2)n1. The van der Waals surface area contributed by atoms with Crippen molar-refractivity contribution in [1.82, 2.24) is 20.4 Å². The van der Waals surface area contributed by atoms with Gasteiger partial charge in [0.2, 0.25) is 11.8 Å². The van der Waals surface area contributed by atoms with Crippen molar-refractivity contribution in [3.63, 3.8) is 0 Å². The molecule has 1 amide bonds. The molecule has 6 nitrogen and oxygen atoms in total. The number of thiophene rings is 1. The quantitative estimate of drug-likeness (QED) is 0.915. The summed E-state index contributed by atoms with van der Waals surface area (Å²) in [4.78, 5) is 19.8. The van der Waals surface area contributed by atoms with Crippen LogP contribution >= 0.6 is 11.3 Å². The van der Waals surface area contributed by atoms with Crippen molar-refractivity contribution in [2.45, 2.75) is 38.8 Å². The Morgan fingerprint density at radius 1 is 1.55 bits per heavy atom. The monoisotopic (exact) mass is 320 g/mol. The van der Waals surface area contributed by atoms with Gasteiger partial charge < -0.3 is 9.84 Å². The Labute approximate surface area is 133 Å². The predicted octanol–water partition coefficient (Wildman–Crippen LogP) is 2.28. The fraction of sp³-hybridized carbons (Fsp3) is 0.533. The van der Waals surface area contributed by atoms with Crippen LogP contribution in [0.15, 0.2) is 22.0 Å². The molecule has 1 fully saturated rings. The molecule has 2 aromatic rings. The second-order valence-corrected chi connectivity index (χ2v) is 6.55. The first-order chi connectivity index (χ1) is 10.7. The molecule has 0 aliphatic carbocycles. The first kappa shape index (κ1) is 15.2. The molecule has 0 bridgehead atoms. The van der Waals surface area contributed by atoms with Crippen molar-refractivity contribution >= 4 is 17.2 Å². The van der Waals surface area contributed by atoms with Crippen molar-refractivity contribution in [2.24, 2.45) is 0 Å². The molecule has 7 heteroatoms. The maximum absolute atomic E-state index is 12.2. The van der Waals surface area contributed by atoms with Crippen LogP contribution in [-0.2, 0) is 11.3 Å². The van der Waals surface area contributed by atoms with Crippen LogP contribution in [0.5, 0.6) is 0 Å². The lowest BCUT2D eigenvalue weighted by molar-refractivity contribution is -0.123. The molecule has 0 unspecified atom stereocenters. The second-order valence-electron chi connectivity index (χ2n) is 5.52. The highest BCUT2D eigenvalue weighted by molar-refractivity contribution is 7.09. The number of carbonyl (C=O) groups is 1. The normalized spacial score (nSPS) is 19.2. The van der Waals surface area contributed by atoms with E-state index >= 15 is 0 Å². The minimum Gasteiger partial charge on any atom is -0.350 e. The Morgan fingerprint density at radius 3 is 3.18 bits per heavy atom. The predicted molar refractivity (Wildman–Crippen MR) is 83.4 cm³/mol. The van der Waals surface area contributed by atoms with Crippen LogP contribution in [0, 0.1) is 6.92 Å². The van der Waals surface area contributed by atoms with E-state index in [0.29, 0.717) is 24.8 Å². The van der Waals surface area contributed by atoms with Crippen LogP contribution < -0.4 is 5.32 Å². The Hall–Kier alpha value is -1.73. The summed E-state index contributed by atoms with van der Waals surface area (Å²) in [6, 6.07) is 4.07. The van der Waals surface area contributed by atoms with Gasteiger partial charge in [0.25, 0.3) is 0 Å².